The highest BCUT2D eigenvalue weighted by molar-refractivity contribution is 5.75. The van der Waals surface area contributed by atoms with E-state index in [1.54, 1.807) is 0 Å². The molecule has 2 aliphatic carbocycles. The Bertz CT molecular complexity index is 871. The van der Waals surface area contributed by atoms with E-state index < -0.39 is 0 Å². The van der Waals surface area contributed by atoms with Crippen molar-refractivity contribution in [1.29, 1.82) is 0 Å². The molecule has 0 bridgehead atoms. The van der Waals surface area contributed by atoms with Crippen LogP contribution in [0.1, 0.15) is 76.5 Å². The molecule has 0 aromatic heterocycles. The van der Waals surface area contributed by atoms with Crippen LogP contribution in [-0.4, -0.2) is 0 Å². The second-order valence-corrected chi connectivity index (χ2v) is 10.7. The highest BCUT2D eigenvalue weighted by atomic mass is 14.4. The van der Waals surface area contributed by atoms with Gasteiger partial charge >= 0.3 is 0 Å². The van der Waals surface area contributed by atoms with E-state index in [1.165, 1.54) is 78.3 Å². The molecule has 154 valence electrons. The molecule has 0 heterocycles. The summed E-state index contributed by atoms with van der Waals surface area (Å²) in [6, 6.07) is 16.1. The Hall–Kier alpha value is -1.82. The topological polar surface area (TPSA) is 0 Å². The zero-order valence-electron chi connectivity index (χ0n) is 18.9. The van der Waals surface area contributed by atoms with Crippen molar-refractivity contribution in [2.75, 3.05) is 0 Å². The first-order chi connectivity index (χ1) is 13.8. The minimum Gasteiger partial charge on any atom is -0.0950 e. The molecule has 2 aromatic rings. The molecule has 1 saturated carbocycles. The van der Waals surface area contributed by atoms with Crippen LogP contribution in [0.2, 0.25) is 0 Å². The van der Waals surface area contributed by atoms with E-state index in [-0.39, 0.29) is 0 Å². The summed E-state index contributed by atoms with van der Waals surface area (Å²) in [6.07, 6.45) is 9.09. The number of rotatable bonds is 3. The second-order valence-electron chi connectivity index (χ2n) is 10.7. The standard InChI is InChI=1S/C29H38/c1-20(22-13-16-26(17-14-22)29(3,4)5)21(2)24-15-18-28-25(19-24)11-8-10-23-9-6-7-12-27(23)28/h6-7,9,12,15,18-20,22,26H,2,8,10-11,13-14,16-17H2,1,3-5H3/t20-,22?,26?/m1/s1. The molecule has 1 atom stereocenters. The van der Waals surface area contributed by atoms with Gasteiger partial charge in [-0.1, -0.05) is 76.7 Å². The number of hydrogen-bond donors (Lipinski definition) is 0. The summed E-state index contributed by atoms with van der Waals surface area (Å²) in [5.41, 5.74) is 9.06. The molecule has 4 rings (SSSR count). The van der Waals surface area contributed by atoms with E-state index >= 15 is 0 Å². The number of aryl methyl sites for hydroxylation is 2. The Kier molecular flexibility index (Phi) is 5.74. The fourth-order valence-corrected chi connectivity index (χ4v) is 5.77. The smallest absolute Gasteiger partial charge is 0.0149 e. The Morgan fingerprint density at radius 2 is 1.55 bits per heavy atom. The molecule has 0 saturated heterocycles. The summed E-state index contributed by atoms with van der Waals surface area (Å²) in [5.74, 6) is 2.25. The van der Waals surface area contributed by atoms with Gasteiger partial charge in [-0.25, -0.2) is 0 Å². The molecule has 0 amide bonds. The van der Waals surface area contributed by atoms with E-state index in [4.69, 9.17) is 0 Å². The van der Waals surface area contributed by atoms with Gasteiger partial charge in [0.2, 0.25) is 0 Å². The van der Waals surface area contributed by atoms with E-state index in [0.29, 0.717) is 11.3 Å². The number of benzene rings is 2. The van der Waals surface area contributed by atoms with Crippen molar-refractivity contribution in [2.24, 2.45) is 23.2 Å². The molecule has 0 aliphatic heterocycles. The first-order valence-corrected chi connectivity index (χ1v) is 11.7. The lowest BCUT2D eigenvalue weighted by molar-refractivity contribution is 0.138. The first-order valence-electron chi connectivity index (χ1n) is 11.7. The molecule has 2 aliphatic rings. The van der Waals surface area contributed by atoms with Crippen LogP contribution in [0, 0.1) is 23.2 Å². The molecule has 0 heteroatoms. The molecule has 0 nitrogen and oxygen atoms in total. The number of allylic oxidation sites excluding steroid dienone is 1. The predicted octanol–water partition coefficient (Wildman–Crippen LogP) is 8.34. The van der Waals surface area contributed by atoms with Crippen molar-refractivity contribution in [2.45, 2.75) is 72.6 Å². The first kappa shape index (κ1) is 20.5. The van der Waals surface area contributed by atoms with Crippen LogP contribution in [0.15, 0.2) is 49.0 Å². The van der Waals surface area contributed by atoms with Crippen molar-refractivity contribution in [1.82, 2.24) is 0 Å². The van der Waals surface area contributed by atoms with Crippen molar-refractivity contribution in [3.05, 3.63) is 65.7 Å². The molecule has 0 unspecified atom stereocenters. The molecule has 0 radical (unpaired) electrons. The maximum absolute atomic E-state index is 4.58. The molecular weight excluding hydrogens is 348 g/mol. The van der Waals surface area contributed by atoms with Crippen LogP contribution in [0.3, 0.4) is 0 Å². The average molecular weight is 387 g/mol. The van der Waals surface area contributed by atoms with E-state index in [2.05, 4.69) is 76.7 Å². The largest absolute Gasteiger partial charge is 0.0950 e. The third-order valence-corrected chi connectivity index (χ3v) is 7.93. The molecular formula is C29H38. The number of fused-ring (bicyclic) bond motifs is 3. The molecule has 0 spiro atoms. The fourth-order valence-electron chi connectivity index (χ4n) is 5.77. The quantitative estimate of drug-likeness (QED) is 0.497. The third-order valence-electron chi connectivity index (χ3n) is 7.93. The van der Waals surface area contributed by atoms with Crippen molar-refractivity contribution in [3.63, 3.8) is 0 Å². The van der Waals surface area contributed by atoms with Crippen molar-refractivity contribution in [3.8, 4) is 11.1 Å². The maximum atomic E-state index is 4.58. The summed E-state index contributed by atoms with van der Waals surface area (Å²) in [4.78, 5) is 0. The van der Waals surface area contributed by atoms with Crippen LogP contribution in [0.25, 0.3) is 16.7 Å². The van der Waals surface area contributed by atoms with Gasteiger partial charge < -0.3 is 0 Å². The van der Waals surface area contributed by atoms with Gasteiger partial charge in [0.25, 0.3) is 0 Å². The Morgan fingerprint density at radius 1 is 0.897 bits per heavy atom. The molecule has 1 fully saturated rings. The lowest BCUT2D eigenvalue weighted by Crippen LogP contribution is -2.28. The minimum absolute atomic E-state index is 0.457. The van der Waals surface area contributed by atoms with Gasteiger partial charge in [0.1, 0.15) is 0 Å². The van der Waals surface area contributed by atoms with Gasteiger partial charge in [-0.2, -0.15) is 0 Å². The van der Waals surface area contributed by atoms with Crippen molar-refractivity contribution < 1.29 is 0 Å². The van der Waals surface area contributed by atoms with Crippen molar-refractivity contribution >= 4 is 5.57 Å². The summed E-state index contributed by atoms with van der Waals surface area (Å²) in [5, 5.41) is 0. The van der Waals surface area contributed by atoms with Gasteiger partial charge in [0, 0.05) is 0 Å². The zero-order chi connectivity index (χ0) is 20.6. The summed E-state index contributed by atoms with van der Waals surface area (Å²) < 4.78 is 0. The molecule has 29 heavy (non-hydrogen) atoms. The number of hydrogen-bond acceptors (Lipinski definition) is 0. The zero-order valence-corrected chi connectivity index (χ0v) is 18.9. The molecule has 0 N–H and O–H groups in total. The van der Waals surface area contributed by atoms with Crippen LogP contribution >= 0.6 is 0 Å². The lowest BCUT2D eigenvalue weighted by Gasteiger charge is -2.39. The van der Waals surface area contributed by atoms with Gasteiger partial charge in [0.05, 0.1) is 0 Å². The van der Waals surface area contributed by atoms with Gasteiger partial charge in [-0.15, -0.1) is 0 Å². The van der Waals surface area contributed by atoms with Gasteiger partial charge in [-0.3, -0.25) is 0 Å². The highest BCUT2D eigenvalue weighted by Gasteiger charge is 2.32. The van der Waals surface area contributed by atoms with Crippen LogP contribution in [0.5, 0.6) is 0 Å². The van der Waals surface area contributed by atoms with Crippen LogP contribution in [0.4, 0.5) is 0 Å². The van der Waals surface area contributed by atoms with Crippen LogP contribution in [-0.2, 0) is 12.8 Å². The Balaban J connectivity index is 1.51. The summed E-state index contributed by atoms with van der Waals surface area (Å²) in [6.45, 7) is 14.2. The van der Waals surface area contributed by atoms with Gasteiger partial charge in [-0.05, 0) is 102 Å². The van der Waals surface area contributed by atoms with E-state index in [9.17, 15) is 0 Å². The van der Waals surface area contributed by atoms with E-state index in [1.807, 2.05) is 0 Å². The monoisotopic (exact) mass is 386 g/mol. The SMILES string of the molecule is C=C(c1ccc2c(c1)CCCc1ccccc1-2)[C@@H](C)C1CCC(C(C)(C)C)CC1. The normalized spacial score (nSPS) is 22.9. The summed E-state index contributed by atoms with van der Waals surface area (Å²) in [7, 11) is 0. The van der Waals surface area contributed by atoms with E-state index in [0.717, 1.165) is 11.8 Å². The lowest BCUT2D eigenvalue weighted by atomic mass is 9.66. The maximum Gasteiger partial charge on any atom is -0.0149 e. The van der Waals surface area contributed by atoms with Gasteiger partial charge in [0.15, 0.2) is 0 Å². The Labute approximate surface area is 178 Å². The average Bonchev–Trinajstić information content (AvgIpc) is 2.91. The Morgan fingerprint density at radius 3 is 2.28 bits per heavy atom. The minimum atomic E-state index is 0.457. The molecule has 2 aromatic carbocycles. The second kappa shape index (κ2) is 8.13. The third kappa shape index (κ3) is 4.23. The highest BCUT2D eigenvalue weighted by Crippen LogP contribution is 2.44. The predicted molar refractivity (Wildman–Crippen MR) is 127 cm³/mol. The summed E-state index contributed by atoms with van der Waals surface area (Å²) >= 11 is 0. The fraction of sp³-hybridized carbons (Fsp3) is 0.517. The van der Waals surface area contributed by atoms with Crippen LogP contribution < -0.4 is 0 Å².